The van der Waals surface area contributed by atoms with Crippen molar-refractivity contribution in [2.24, 2.45) is 17.3 Å². The average molecular weight is 196 g/mol. The Morgan fingerprint density at radius 1 is 1.14 bits per heavy atom. The molecule has 14 heavy (non-hydrogen) atoms. The molecule has 0 bridgehead atoms. The number of hydrogen-bond donors (Lipinski definition) is 0. The third kappa shape index (κ3) is 2.74. The molecule has 0 aromatic carbocycles. The highest BCUT2D eigenvalue weighted by atomic mass is 14.4. The predicted octanol–water partition coefficient (Wildman–Crippen LogP) is 5.03. The fraction of sp³-hybridized carbons (Fsp3) is 1.00. The van der Waals surface area contributed by atoms with E-state index in [9.17, 15) is 0 Å². The fourth-order valence-corrected chi connectivity index (χ4v) is 3.10. The number of hydrogen-bond acceptors (Lipinski definition) is 0. The minimum absolute atomic E-state index is 0.674. The lowest BCUT2D eigenvalue weighted by Crippen LogP contribution is -2.27. The van der Waals surface area contributed by atoms with E-state index in [1.165, 1.54) is 44.9 Å². The molecule has 0 saturated heterocycles. The van der Waals surface area contributed by atoms with Crippen LogP contribution in [0, 0.1) is 17.3 Å². The Morgan fingerprint density at radius 2 is 1.71 bits per heavy atom. The quantitative estimate of drug-likeness (QED) is 0.578. The second-order valence-corrected chi connectivity index (χ2v) is 5.77. The highest BCUT2D eigenvalue weighted by Gasteiger charge is 2.36. The van der Waals surface area contributed by atoms with Crippen LogP contribution in [0.3, 0.4) is 0 Å². The summed E-state index contributed by atoms with van der Waals surface area (Å²) >= 11 is 0. The van der Waals surface area contributed by atoms with Gasteiger partial charge in [-0.15, -0.1) is 0 Å². The zero-order valence-corrected chi connectivity index (χ0v) is 10.6. The molecule has 1 aliphatic rings. The van der Waals surface area contributed by atoms with Crippen LogP contribution in [-0.4, -0.2) is 0 Å². The van der Waals surface area contributed by atoms with E-state index in [2.05, 4.69) is 27.7 Å². The molecule has 1 saturated carbocycles. The van der Waals surface area contributed by atoms with Crippen molar-refractivity contribution < 1.29 is 0 Å². The van der Waals surface area contributed by atoms with Gasteiger partial charge in [-0.3, -0.25) is 0 Å². The van der Waals surface area contributed by atoms with E-state index in [1.54, 1.807) is 0 Å². The molecule has 2 unspecified atom stereocenters. The largest absolute Gasteiger partial charge is 0.0654 e. The Balaban J connectivity index is 2.41. The van der Waals surface area contributed by atoms with Crippen molar-refractivity contribution in [3.05, 3.63) is 0 Å². The zero-order chi connectivity index (χ0) is 10.6. The molecule has 84 valence electrons. The first kappa shape index (κ1) is 12.1. The summed E-state index contributed by atoms with van der Waals surface area (Å²) in [5, 5.41) is 0. The molecule has 1 rings (SSSR count). The lowest BCUT2D eigenvalue weighted by molar-refractivity contribution is 0.142. The van der Waals surface area contributed by atoms with E-state index < -0.39 is 0 Å². The summed E-state index contributed by atoms with van der Waals surface area (Å²) in [4.78, 5) is 0. The molecule has 0 nitrogen and oxygen atoms in total. The van der Waals surface area contributed by atoms with Gasteiger partial charge in [-0.1, -0.05) is 59.8 Å². The van der Waals surface area contributed by atoms with Crippen molar-refractivity contribution in [2.75, 3.05) is 0 Å². The molecular weight excluding hydrogens is 168 g/mol. The standard InChI is InChI=1S/C14H28/c1-5-6-9-12(2)13(3)14(4)10-7-8-11-14/h12-13H,5-11H2,1-4H3. The number of rotatable bonds is 5. The monoisotopic (exact) mass is 196 g/mol. The average Bonchev–Trinajstić information content (AvgIpc) is 2.61. The summed E-state index contributed by atoms with van der Waals surface area (Å²) in [6, 6.07) is 0. The van der Waals surface area contributed by atoms with Gasteiger partial charge in [0.25, 0.3) is 0 Å². The van der Waals surface area contributed by atoms with Crippen molar-refractivity contribution in [3.8, 4) is 0 Å². The van der Waals surface area contributed by atoms with Gasteiger partial charge in [-0.2, -0.15) is 0 Å². The number of unbranched alkanes of at least 4 members (excludes halogenated alkanes) is 1. The molecule has 0 aliphatic heterocycles. The van der Waals surface area contributed by atoms with Crippen LogP contribution in [0.2, 0.25) is 0 Å². The van der Waals surface area contributed by atoms with E-state index in [-0.39, 0.29) is 0 Å². The third-order valence-electron chi connectivity index (χ3n) is 4.71. The molecule has 1 aliphatic carbocycles. The Bertz CT molecular complexity index is 153. The predicted molar refractivity (Wildman–Crippen MR) is 64.4 cm³/mol. The van der Waals surface area contributed by atoms with Gasteiger partial charge in [0, 0.05) is 0 Å². The fourth-order valence-electron chi connectivity index (χ4n) is 3.10. The van der Waals surface area contributed by atoms with Crippen LogP contribution in [0.5, 0.6) is 0 Å². The van der Waals surface area contributed by atoms with Crippen molar-refractivity contribution >= 4 is 0 Å². The molecule has 2 atom stereocenters. The van der Waals surface area contributed by atoms with E-state index in [0.717, 1.165) is 11.8 Å². The first-order valence-electron chi connectivity index (χ1n) is 6.60. The maximum Gasteiger partial charge on any atom is -0.0298 e. The summed E-state index contributed by atoms with van der Waals surface area (Å²) in [7, 11) is 0. The highest BCUT2D eigenvalue weighted by Crippen LogP contribution is 2.47. The first-order chi connectivity index (χ1) is 6.60. The van der Waals surface area contributed by atoms with Crippen LogP contribution < -0.4 is 0 Å². The van der Waals surface area contributed by atoms with Crippen LogP contribution >= 0.6 is 0 Å². The Kier molecular flexibility index (Phi) is 4.47. The molecule has 0 amide bonds. The summed E-state index contributed by atoms with van der Waals surface area (Å²) in [6.45, 7) is 9.78. The molecule has 0 N–H and O–H groups in total. The van der Waals surface area contributed by atoms with Crippen LogP contribution in [-0.2, 0) is 0 Å². The van der Waals surface area contributed by atoms with Gasteiger partial charge < -0.3 is 0 Å². The Hall–Kier alpha value is 0. The summed E-state index contributed by atoms with van der Waals surface area (Å²) in [5.74, 6) is 1.86. The molecule has 0 aromatic heterocycles. The van der Waals surface area contributed by atoms with Crippen molar-refractivity contribution in [1.82, 2.24) is 0 Å². The van der Waals surface area contributed by atoms with Crippen molar-refractivity contribution in [2.45, 2.75) is 72.6 Å². The van der Waals surface area contributed by atoms with Crippen molar-refractivity contribution in [3.63, 3.8) is 0 Å². The summed E-state index contributed by atoms with van der Waals surface area (Å²) in [6.07, 6.45) is 10.1. The van der Waals surface area contributed by atoms with E-state index >= 15 is 0 Å². The SMILES string of the molecule is CCCCC(C)C(C)C1(C)CCCC1. The molecule has 0 radical (unpaired) electrons. The van der Waals surface area contributed by atoms with Gasteiger partial charge in [-0.05, 0) is 30.1 Å². The van der Waals surface area contributed by atoms with Gasteiger partial charge in [0.15, 0.2) is 0 Å². The second kappa shape index (κ2) is 5.19. The van der Waals surface area contributed by atoms with Crippen LogP contribution in [0.25, 0.3) is 0 Å². The normalized spacial score (nSPS) is 24.9. The van der Waals surface area contributed by atoms with Crippen LogP contribution in [0.15, 0.2) is 0 Å². The molecular formula is C14H28. The van der Waals surface area contributed by atoms with Gasteiger partial charge in [-0.25, -0.2) is 0 Å². The zero-order valence-electron chi connectivity index (χ0n) is 10.6. The van der Waals surface area contributed by atoms with E-state index in [4.69, 9.17) is 0 Å². The van der Waals surface area contributed by atoms with E-state index in [1.807, 2.05) is 0 Å². The lowest BCUT2D eigenvalue weighted by atomic mass is 9.70. The van der Waals surface area contributed by atoms with Gasteiger partial charge in [0.2, 0.25) is 0 Å². The Morgan fingerprint density at radius 3 is 2.21 bits per heavy atom. The van der Waals surface area contributed by atoms with Gasteiger partial charge in [0.05, 0.1) is 0 Å². The minimum atomic E-state index is 0.674. The highest BCUT2D eigenvalue weighted by molar-refractivity contribution is 4.86. The smallest absolute Gasteiger partial charge is 0.0298 e. The van der Waals surface area contributed by atoms with Gasteiger partial charge in [0.1, 0.15) is 0 Å². The topological polar surface area (TPSA) is 0 Å². The maximum absolute atomic E-state index is 2.52. The molecule has 0 heterocycles. The third-order valence-corrected chi connectivity index (χ3v) is 4.71. The molecule has 1 fully saturated rings. The summed E-state index contributed by atoms with van der Waals surface area (Å²) < 4.78 is 0. The molecule has 0 heteroatoms. The van der Waals surface area contributed by atoms with Crippen molar-refractivity contribution in [1.29, 1.82) is 0 Å². The molecule has 0 aromatic rings. The maximum atomic E-state index is 2.52. The second-order valence-electron chi connectivity index (χ2n) is 5.77. The van der Waals surface area contributed by atoms with Crippen LogP contribution in [0.4, 0.5) is 0 Å². The van der Waals surface area contributed by atoms with E-state index in [0.29, 0.717) is 5.41 Å². The van der Waals surface area contributed by atoms with Crippen LogP contribution in [0.1, 0.15) is 72.6 Å². The lowest BCUT2D eigenvalue weighted by Gasteiger charge is -2.36. The minimum Gasteiger partial charge on any atom is -0.0654 e. The van der Waals surface area contributed by atoms with Gasteiger partial charge >= 0.3 is 0 Å². The molecule has 0 spiro atoms. The first-order valence-corrected chi connectivity index (χ1v) is 6.60. The summed E-state index contributed by atoms with van der Waals surface area (Å²) in [5.41, 5.74) is 0.674. The Labute approximate surface area is 90.5 Å².